The summed E-state index contributed by atoms with van der Waals surface area (Å²) in [5.41, 5.74) is 8.54. The van der Waals surface area contributed by atoms with Gasteiger partial charge in [-0.3, -0.25) is 0 Å². The third-order valence-electron chi connectivity index (χ3n) is 3.49. The molecule has 0 spiro atoms. The average Bonchev–Trinajstić information content (AvgIpc) is 2.60. The standard InChI is InChI=1S/C18H17ClN4O/c1-12-9-14(7-8-15(12)19)24-18-16(20)17(22-11-23-18)21-10-13-5-3-2-4-6-13/h2-9,11H,10,20H2,1H3,(H,21,22,23). The Labute approximate surface area is 145 Å². The van der Waals surface area contributed by atoms with E-state index in [1.165, 1.54) is 6.33 Å². The number of hydrogen-bond acceptors (Lipinski definition) is 5. The highest BCUT2D eigenvalue weighted by molar-refractivity contribution is 6.31. The molecule has 1 aromatic heterocycles. The number of ether oxygens (including phenoxy) is 1. The molecule has 3 rings (SSSR count). The van der Waals surface area contributed by atoms with E-state index in [0.717, 1.165) is 11.1 Å². The van der Waals surface area contributed by atoms with Crippen LogP contribution in [0.25, 0.3) is 0 Å². The maximum atomic E-state index is 6.12. The van der Waals surface area contributed by atoms with Gasteiger partial charge >= 0.3 is 0 Å². The highest BCUT2D eigenvalue weighted by Gasteiger charge is 2.10. The number of nitrogen functional groups attached to an aromatic ring is 1. The summed E-state index contributed by atoms with van der Waals surface area (Å²) in [7, 11) is 0. The minimum absolute atomic E-state index is 0.308. The molecule has 0 amide bonds. The quantitative estimate of drug-likeness (QED) is 0.719. The van der Waals surface area contributed by atoms with Gasteiger partial charge in [-0.2, -0.15) is 4.98 Å². The van der Waals surface area contributed by atoms with Crippen molar-refractivity contribution in [2.24, 2.45) is 0 Å². The van der Waals surface area contributed by atoms with Crippen LogP contribution < -0.4 is 15.8 Å². The van der Waals surface area contributed by atoms with Crippen LogP contribution in [0.2, 0.25) is 5.02 Å². The molecule has 24 heavy (non-hydrogen) atoms. The number of rotatable bonds is 5. The van der Waals surface area contributed by atoms with Crippen LogP contribution in [0.5, 0.6) is 11.6 Å². The van der Waals surface area contributed by atoms with E-state index >= 15 is 0 Å². The van der Waals surface area contributed by atoms with Gasteiger partial charge in [-0.15, -0.1) is 0 Å². The van der Waals surface area contributed by atoms with E-state index in [4.69, 9.17) is 22.1 Å². The lowest BCUT2D eigenvalue weighted by atomic mass is 10.2. The molecule has 3 N–H and O–H groups in total. The van der Waals surface area contributed by atoms with Crippen LogP contribution in [0.3, 0.4) is 0 Å². The molecule has 3 aromatic rings. The van der Waals surface area contributed by atoms with Crippen molar-refractivity contribution in [3.8, 4) is 11.6 Å². The molecule has 5 nitrogen and oxygen atoms in total. The number of anilines is 2. The number of aryl methyl sites for hydroxylation is 1. The zero-order valence-corrected chi connectivity index (χ0v) is 13.9. The lowest BCUT2D eigenvalue weighted by Gasteiger charge is -2.12. The third kappa shape index (κ3) is 3.75. The molecular weight excluding hydrogens is 324 g/mol. The number of nitrogens with two attached hydrogens (primary N) is 1. The minimum Gasteiger partial charge on any atom is -0.437 e. The van der Waals surface area contributed by atoms with Gasteiger partial charge in [0, 0.05) is 11.6 Å². The Kier molecular flexibility index (Phi) is 4.82. The molecule has 0 saturated carbocycles. The number of benzene rings is 2. The molecule has 0 saturated heterocycles. The summed E-state index contributed by atoms with van der Waals surface area (Å²) >= 11 is 6.02. The number of hydrogen-bond donors (Lipinski definition) is 2. The first-order valence-corrected chi connectivity index (χ1v) is 7.83. The van der Waals surface area contributed by atoms with E-state index in [2.05, 4.69) is 15.3 Å². The number of halogens is 1. The molecule has 0 atom stereocenters. The molecule has 122 valence electrons. The first-order chi connectivity index (χ1) is 11.6. The van der Waals surface area contributed by atoms with Gasteiger partial charge in [-0.05, 0) is 36.2 Å². The van der Waals surface area contributed by atoms with Gasteiger partial charge in [0.1, 0.15) is 17.8 Å². The number of nitrogens with one attached hydrogen (secondary N) is 1. The van der Waals surface area contributed by atoms with Crippen LogP contribution >= 0.6 is 11.6 Å². The van der Waals surface area contributed by atoms with Crippen LogP contribution in [0.15, 0.2) is 54.9 Å². The predicted molar refractivity (Wildman–Crippen MR) is 96.5 cm³/mol. The molecule has 0 aliphatic heterocycles. The minimum atomic E-state index is 0.308. The maximum absolute atomic E-state index is 6.12. The Hall–Kier alpha value is -2.79. The van der Waals surface area contributed by atoms with E-state index in [0.29, 0.717) is 34.7 Å². The third-order valence-corrected chi connectivity index (χ3v) is 3.92. The molecule has 0 aliphatic rings. The monoisotopic (exact) mass is 340 g/mol. The Morgan fingerprint density at radius 1 is 1.12 bits per heavy atom. The lowest BCUT2D eigenvalue weighted by molar-refractivity contribution is 0.464. The van der Waals surface area contributed by atoms with Crippen molar-refractivity contribution in [1.82, 2.24) is 9.97 Å². The van der Waals surface area contributed by atoms with E-state index in [1.54, 1.807) is 12.1 Å². The zero-order chi connectivity index (χ0) is 16.9. The first-order valence-electron chi connectivity index (χ1n) is 7.46. The van der Waals surface area contributed by atoms with Crippen LogP contribution in [-0.4, -0.2) is 9.97 Å². The fraction of sp³-hybridized carbons (Fsp3) is 0.111. The molecule has 0 fully saturated rings. The smallest absolute Gasteiger partial charge is 0.248 e. The van der Waals surface area contributed by atoms with E-state index in [1.807, 2.05) is 43.3 Å². The van der Waals surface area contributed by atoms with Crippen molar-refractivity contribution in [1.29, 1.82) is 0 Å². The van der Waals surface area contributed by atoms with Gasteiger partial charge in [-0.1, -0.05) is 41.9 Å². The molecular formula is C18H17ClN4O. The van der Waals surface area contributed by atoms with Crippen molar-refractivity contribution in [3.63, 3.8) is 0 Å². The van der Waals surface area contributed by atoms with Crippen LogP contribution in [0, 0.1) is 6.92 Å². The summed E-state index contributed by atoms with van der Waals surface area (Å²) in [6.45, 7) is 2.52. The van der Waals surface area contributed by atoms with Crippen molar-refractivity contribution >= 4 is 23.1 Å². The van der Waals surface area contributed by atoms with E-state index in [9.17, 15) is 0 Å². The molecule has 6 heteroatoms. The van der Waals surface area contributed by atoms with Crippen molar-refractivity contribution in [2.45, 2.75) is 13.5 Å². The first kappa shape index (κ1) is 16.1. The Morgan fingerprint density at radius 3 is 2.67 bits per heavy atom. The molecule has 1 heterocycles. The summed E-state index contributed by atoms with van der Waals surface area (Å²) in [5, 5.41) is 3.88. The maximum Gasteiger partial charge on any atom is 0.248 e. The SMILES string of the molecule is Cc1cc(Oc2ncnc(NCc3ccccc3)c2N)ccc1Cl. The summed E-state index contributed by atoms with van der Waals surface area (Å²) in [5.74, 6) is 1.47. The predicted octanol–water partition coefficient (Wildman–Crippen LogP) is 4.43. The average molecular weight is 341 g/mol. The fourth-order valence-corrected chi connectivity index (χ4v) is 2.29. The van der Waals surface area contributed by atoms with E-state index in [-0.39, 0.29) is 0 Å². The van der Waals surface area contributed by atoms with Crippen LogP contribution in [0.4, 0.5) is 11.5 Å². The second-order valence-corrected chi connectivity index (χ2v) is 5.70. The molecule has 0 unspecified atom stereocenters. The van der Waals surface area contributed by atoms with Gasteiger partial charge in [-0.25, -0.2) is 4.98 Å². The van der Waals surface area contributed by atoms with Crippen molar-refractivity contribution in [3.05, 3.63) is 71.0 Å². The molecule has 0 bridgehead atoms. The Morgan fingerprint density at radius 2 is 1.92 bits per heavy atom. The lowest BCUT2D eigenvalue weighted by Crippen LogP contribution is -2.06. The van der Waals surface area contributed by atoms with Gasteiger partial charge in [0.15, 0.2) is 5.82 Å². The summed E-state index contributed by atoms with van der Waals surface area (Å²) in [6.07, 6.45) is 1.42. The summed E-state index contributed by atoms with van der Waals surface area (Å²) in [6, 6.07) is 15.4. The molecule has 0 aliphatic carbocycles. The molecule has 2 aromatic carbocycles. The topological polar surface area (TPSA) is 73.1 Å². The van der Waals surface area contributed by atoms with Gasteiger partial charge < -0.3 is 15.8 Å². The molecule has 0 radical (unpaired) electrons. The normalized spacial score (nSPS) is 10.4. The second kappa shape index (κ2) is 7.19. The fourth-order valence-electron chi connectivity index (χ4n) is 2.18. The zero-order valence-electron chi connectivity index (χ0n) is 13.2. The number of aromatic nitrogens is 2. The van der Waals surface area contributed by atoms with Gasteiger partial charge in [0.2, 0.25) is 5.88 Å². The van der Waals surface area contributed by atoms with Crippen LogP contribution in [0.1, 0.15) is 11.1 Å². The van der Waals surface area contributed by atoms with Gasteiger partial charge in [0.25, 0.3) is 0 Å². The van der Waals surface area contributed by atoms with E-state index < -0.39 is 0 Å². The highest BCUT2D eigenvalue weighted by Crippen LogP contribution is 2.31. The Bertz CT molecular complexity index is 840. The van der Waals surface area contributed by atoms with Crippen LogP contribution in [-0.2, 0) is 6.54 Å². The van der Waals surface area contributed by atoms with Gasteiger partial charge in [0.05, 0.1) is 0 Å². The Balaban J connectivity index is 1.76. The highest BCUT2D eigenvalue weighted by atomic mass is 35.5. The van der Waals surface area contributed by atoms with Crippen molar-refractivity contribution in [2.75, 3.05) is 11.1 Å². The summed E-state index contributed by atoms with van der Waals surface area (Å²) in [4.78, 5) is 8.29. The largest absolute Gasteiger partial charge is 0.437 e. The second-order valence-electron chi connectivity index (χ2n) is 5.29. The summed E-state index contributed by atoms with van der Waals surface area (Å²) < 4.78 is 5.76. The number of nitrogens with zero attached hydrogens (tertiary/aromatic N) is 2. The van der Waals surface area contributed by atoms with Crippen molar-refractivity contribution < 1.29 is 4.74 Å².